The van der Waals surface area contributed by atoms with Gasteiger partial charge in [0.1, 0.15) is 5.60 Å². The van der Waals surface area contributed by atoms with Crippen LogP contribution in [0.3, 0.4) is 0 Å². The fraction of sp³-hybridized carbons (Fsp3) is 0.966. The van der Waals surface area contributed by atoms with Crippen molar-refractivity contribution in [3.05, 3.63) is 0 Å². The van der Waals surface area contributed by atoms with Gasteiger partial charge in [-0.3, -0.25) is 0 Å². The maximum absolute atomic E-state index is 12.4. The number of aliphatic hydroxyl groups excluding tert-OH is 1. The van der Waals surface area contributed by atoms with Crippen LogP contribution in [0.15, 0.2) is 0 Å². The van der Waals surface area contributed by atoms with Gasteiger partial charge in [-0.05, 0) is 108 Å². The van der Waals surface area contributed by atoms with Crippen LogP contribution < -0.4 is 0 Å². The maximum Gasteiger partial charge on any atom is 0.410 e. The van der Waals surface area contributed by atoms with Crippen molar-refractivity contribution >= 4 is 6.09 Å². The van der Waals surface area contributed by atoms with E-state index in [1.165, 1.54) is 38.5 Å². The van der Waals surface area contributed by atoms with Crippen molar-refractivity contribution in [2.75, 3.05) is 26.3 Å². The first-order valence-electron chi connectivity index (χ1n) is 14.4. The summed E-state index contributed by atoms with van der Waals surface area (Å²) >= 11 is 0. The maximum atomic E-state index is 12.4. The van der Waals surface area contributed by atoms with E-state index in [1.807, 2.05) is 25.7 Å². The van der Waals surface area contributed by atoms with Crippen LogP contribution in [0, 0.1) is 35.0 Å². The van der Waals surface area contributed by atoms with E-state index in [2.05, 4.69) is 13.8 Å². The minimum Gasteiger partial charge on any atom is -0.444 e. The van der Waals surface area contributed by atoms with E-state index in [9.17, 15) is 9.90 Å². The second kappa shape index (κ2) is 9.47. The van der Waals surface area contributed by atoms with Crippen LogP contribution in [0.5, 0.6) is 0 Å². The van der Waals surface area contributed by atoms with Gasteiger partial charge in [0.2, 0.25) is 0 Å². The largest absolute Gasteiger partial charge is 0.444 e. The highest BCUT2D eigenvalue weighted by molar-refractivity contribution is 5.68. The van der Waals surface area contributed by atoms with Gasteiger partial charge in [-0.2, -0.15) is 0 Å². The Morgan fingerprint density at radius 2 is 1.80 bits per heavy atom. The van der Waals surface area contributed by atoms with Crippen LogP contribution in [0.1, 0.15) is 92.4 Å². The molecule has 0 radical (unpaired) electrons. The van der Waals surface area contributed by atoms with Gasteiger partial charge in [0.15, 0.2) is 0 Å². The standard InChI is InChI=1S/C29H49NO5/c1-27(2,3)35-26(32)30-14-10-20(17-30)7-6-19-8-12-28(4)21-9-13-29(5)22(11-15-33-29)25(21)34-24(18-31)23(28)16-19/h19-25,31H,6-18H2,1-5H3/t19-,20?,21?,22?,23?,24+,25?,28+,29-/m0/s1. The summed E-state index contributed by atoms with van der Waals surface area (Å²) in [5, 5.41) is 10.4. The lowest BCUT2D eigenvalue weighted by atomic mass is 9.50. The van der Waals surface area contributed by atoms with Gasteiger partial charge in [-0.15, -0.1) is 0 Å². The molecule has 5 aliphatic rings. The fourth-order valence-electron chi connectivity index (χ4n) is 8.63. The molecule has 0 aromatic heterocycles. The number of hydrogen-bond donors (Lipinski definition) is 1. The van der Waals surface area contributed by atoms with Gasteiger partial charge >= 0.3 is 6.09 Å². The molecular formula is C29H49NO5. The predicted molar refractivity (Wildman–Crippen MR) is 135 cm³/mol. The van der Waals surface area contributed by atoms with Crippen molar-refractivity contribution in [2.45, 2.75) is 116 Å². The summed E-state index contributed by atoms with van der Waals surface area (Å²) in [5.74, 6) is 2.78. The molecule has 5 unspecified atom stereocenters. The number of likely N-dealkylation sites (tertiary alicyclic amines) is 1. The minimum atomic E-state index is -0.435. The van der Waals surface area contributed by atoms with E-state index in [0.717, 1.165) is 39.0 Å². The first-order valence-corrected chi connectivity index (χ1v) is 14.4. The van der Waals surface area contributed by atoms with Crippen LogP contribution >= 0.6 is 0 Å². The first kappa shape index (κ1) is 25.8. The molecule has 35 heavy (non-hydrogen) atoms. The molecule has 1 N–H and O–H groups in total. The van der Waals surface area contributed by atoms with Crippen LogP contribution in [-0.2, 0) is 14.2 Å². The zero-order valence-electron chi connectivity index (χ0n) is 22.8. The highest BCUT2D eigenvalue weighted by Gasteiger charge is 2.61. The van der Waals surface area contributed by atoms with Crippen LogP contribution in [0.25, 0.3) is 0 Å². The van der Waals surface area contributed by atoms with E-state index in [4.69, 9.17) is 14.2 Å². The van der Waals surface area contributed by atoms with Gasteiger partial charge in [-0.25, -0.2) is 4.79 Å². The molecule has 0 spiro atoms. The molecule has 2 aliphatic carbocycles. The van der Waals surface area contributed by atoms with E-state index in [0.29, 0.717) is 29.6 Å². The van der Waals surface area contributed by atoms with E-state index in [-0.39, 0.29) is 35.9 Å². The fourth-order valence-corrected chi connectivity index (χ4v) is 8.63. The molecule has 3 heterocycles. The van der Waals surface area contributed by atoms with Crippen molar-refractivity contribution in [2.24, 2.45) is 35.0 Å². The number of carbonyl (C=O) groups is 1. The highest BCUT2D eigenvalue weighted by Crippen LogP contribution is 2.61. The Bertz CT molecular complexity index is 782. The molecule has 2 saturated carbocycles. The number of amides is 1. The highest BCUT2D eigenvalue weighted by atomic mass is 16.6. The van der Waals surface area contributed by atoms with Gasteiger partial charge < -0.3 is 24.2 Å². The number of fused-ring (bicyclic) bond motifs is 5. The number of aliphatic hydroxyl groups is 1. The van der Waals surface area contributed by atoms with Gasteiger partial charge in [-0.1, -0.05) is 13.3 Å². The average Bonchev–Trinajstić information content (AvgIpc) is 3.42. The lowest BCUT2D eigenvalue weighted by Gasteiger charge is -2.61. The van der Waals surface area contributed by atoms with Crippen molar-refractivity contribution in [3.63, 3.8) is 0 Å². The second-order valence-corrected chi connectivity index (χ2v) is 13.9. The Labute approximate surface area is 212 Å². The summed E-state index contributed by atoms with van der Waals surface area (Å²) in [6.45, 7) is 13.2. The molecule has 6 nitrogen and oxygen atoms in total. The molecule has 3 aliphatic heterocycles. The molecule has 3 saturated heterocycles. The Morgan fingerprint density at radius 1 is 1.03 bits per heavy atom. The molecule has 0 aromatic carbocycles. The summed E-state index contributed by atoms with van der Waals surface area (Å²) in [4.78, 5) is 14.3. The minimum absolute atomic E-state index is 0.0317. The molecule has 200 valence electrons. The number of rotatable bonds is 4. The summed E-state index contributed by atoms with van der Waals surface area (Å²) in [6.07, 6.45) is 10.7. The monoisotopic (exact) mass is 491 g/mol. The Kier molecular flexibility index (Phi) is 6.98. The lowest BCUT2D eigenvalue weighted by Crippen LogP contribution is -2.62. The third-order valence-corrected chi connectivity index (χ3v) is 10.6. The van der Waals surface area contributed by atoms with Crippen LogP contribution in [-0.4, -0.2) is 65.8 Å². The second-order valence-electron chi connectivity index (χ2n) is 13.9. The summed E-state index contributed by atoms with van der Waals surface area (Å²) in [6, 6.07) is 0. The molecule has 6 heteroatoms. The summed E-state index contributed by atoms with van der Waals surface area (Å²) in [5.41, 5.74) is -0.205. The summed E-state index contributed by atoms with van der Waals surface area (Å²) < 4.78 is 18.5. The zero-order valence-corrected chi connectivity index (χ0v) is 22.8. The quantitative estimate of drug-likeness (QED) is 0.569. The van der Waals surface area contributed by atoms with Gasteiger partial charge in [0, 0.05) is 25.6 Å². The SMILES string of the molecule is CC(C)(C)OC(=O)N1CCC(CC[C@H]2CC[C@]3(C)C4CC[C@]5(C)OCCC5C4O[C@H](CO)C3C2)C1. The number of nitrogens with zero attached hydrogens (tertiary/aromatic N) is 1. The third-order valence-electron chi connectivity index (χ3n) is 10.6. The van der Waals surface area contributed by atoms with Crippen molar-refractivity contribution in [1.82, 2.24) is 4.90 Å². The molecule has 5 fully saturated rings. The average molecular weight is 492 g/mol. The van der Waals surface area contributed by atoms with Gasteiger partial charge in [0.25, 0.3) is 0 Å². The Balaban J connectivity index is 1.18. The molecule has 9 atom stereocenters. The van der Waals surface area contributed by atoms with E-state index >= 15 is 0 Å². The Morgan fingerprint density at radius 3 is 2.54 bits per heavy atom. The molecular weight excluding hydrogens is 442 g/mol. The van der Waals surface area contributed by atoms with E-state index < -0.39 is 5.60 Å². The molecule has 5 rings (SSSR count). The van der Waals surface area contributed by atoms with Crippen molar-refractivity contribution in [1.29, 1.82) is 0 Å². The topological polar surface area (TPSA) is 68.2 Å². The van der Waals surface area contributed by atoms with Crippen LogP contribution in [0.2, 0.25) is 0 Å². The molecule has 0 aromatic rings. The van der Waals surface area contributed by atoms with Gasteiger partial charge in [0.05, 0.1) is 24.4 Å². The number of hydrogen-bond acceptors (Lipinski definition) is 5. The van der Waals surface area contributed by atoms with Crippen molar-refractivity contribution in [3.8, 4) is 0 Å². The molecule has 0 bridgehead atoms. The normalized spacial score (nSPS) is 45.5. The summed E-state index contributed by atoms with van der Waals surface area (Å²) in [7, 11) is 0. The third kappa shape index (κ3) is 4.88. The van der Waals surface area contributed by atoms with E-state index in [1.54, 1.807) is 0 Å². The smallest absolute Gasteiger partial charge is 0.410 e. The number of carbonyl (C=O) groups excluding carboxylic acids is 1. The van der Waals surface area contributed by atoms with Crippen molar-refractivity contribution < 1.29 is 24.1 Å². The van der Waals surface area contributed by atoms with Crippen LogP contribution in [0.4, 0.5) is 4.79 Å². The zero-order chi connectivity index (χ0) is 25.0. The Hall–Kier alpha value is -0.850. The first-order chi connectivity index (χ1) is 16.5. The lowest BCUT2D eigenvalue weighted by molar-refractivity contribution is -0.253. The molecule has 1 amide bonds. The predicted octanol–water partition coefficient (Wildman–Crippen LogP) is 5.41. The number of ether oxygens (including phenoxy) is 3.